The fourth-order valence-electron chi connectivity index (χ4n) is 1.75. The molecule has 0 unspecified atom stereocenters. The van der Waals surface area contributed by atoms with Crippen molar-refractivity contribution in [3.63, 3.8) is 0 Å². The maximum absolute atomic E-state index is 12.0. The van der Waals surface area contributed by atoms with Crippen LogP contribution in [0.5, 0.6) is 0 Å². The molecule has 0 atom stereocenters. The highest BCUT2D eigenvalue weighted by Gasteiger charge is 2.04. The molecule has 21 heavy (non-hydrogen) atoms. The van der Waals surface area contributed by atoms with Gasteiger partial charge in [0.1, 0.15) is 11.2 Å². The molecule has 0 amide bonds. The number of rotatable bonds is 0. The molecule has 0 N–H and O–H groups in total. The van der Waals surface area contributed by atoms with Crippen molar-refractivity contribution in [1.82, 2.24) is 0 Å². The molecule has 0 aliphatic rings. The maximum Gasteiger partial charge on any atom is 0.200 e. The van der Waals surface area contributed by atoms with Crippen molar-refractivity contribution < 1.29 is 4.42 Å². The summed E-state index contributed by atoms with van der Waals surface area (Å²) < 4.78 is 5.63. The molecule has 2 nitrogen and oxygen atoms in total. The van der Waals surface area contributed by atoms with Gasteiger partial charge < -0.3 is 4.42 Å². The molecule has 1 aromatic heterocycles. The molecule has 1 heterocycles. The quantitative estimate of drug-likeness (QED) is 0.490. The number of hydrogen-bond acceptors (Lipinski definition) is 2. The van der Waals surface area contributed by atoms with Crippen molar-refractivity contribution in [2.24, 2.45) is 0 Å². The van der Waals surface area contributed by atoms with E-state index >= 15 is 0 Å². The van der Waals surface area contributed by atoms with E-state index in [0.717, 1.165) is 0 Å². The Morgan fingerprint density at radius 1 is 0.714 bits per heavy atom. The first-order chi connectivity index (χ1) is 10.2. The van der Waals surface area contributed by atoms with Crippen LogP contribution in [0.25, 0.3) is 21.9 Å². The third-order valence-corrected chi connectivity index (χ3v) is 2.48. The number of hydrogen-bond donors (Lipinski definition) is 0. The first-order valence-electron chi connectivity index (χ1n) is 7.60. The SMILES string of the molecule is CCC.CCC.O=c1c2ccccc2oc2ccccc12. The monoisotopic (exact) mass is 284 g/mol. The predicted molar refractivity (Wildman–Crippen MR) is 91.9 cm³/mol. The minimum absolute atomic E-state index is 0.0347. The third-order valence-electron chi connectivity index (χ3n) is 2.48. The van der Waals surface area contributed by atoms with Crippen LogP contribution in [0, 0.1) is 0 Å². The van der Waals surface area contributed by atoms with Gasteiger partial charge in [0.25, 0.3) is 0 Å². The Morgan fingerprint density at radius 3 is 1.43 bits per heavy atom. The highest BCUT2D eigenvalue weighted by molar-refractivity contribution is 5.89. The molecule has 0 aliphatic carbocycles. The molecule has 112 valence electrons. The summed E-state index contributed by atoms with van der Waals surface area (Å²) in [6, 6.07) is 14.6. The zero-order chi connectivity index (χ0) is 15.7. The van der Waals surface area contributed by atoms with Gasteiger partial charge in [-0.25, -0.2) is 0 Å². The average molecular weight is 284 g/mol. The van der Waals surface area contributed by atoms with E-state index in [2.05, 4.69) is 27.7 Å². The summed E-state index contributed by atoms with van der Waals surface area (Å²) in [5.74, 6) is 0. The van der Waals surface area contributed by atoms with Crippen LogP contribution in [-0.2, 0) is 0 Å². The smallest absolute Gasteiger partial charge is 0.200 e. The van der Waals surface area contributed by atoms with E-state index in [4.69, 9.17) is 4.42 Å². The van der Waals surface area contributed by atoms with Gasteiger partial charge in [0, 0.05) is 0 Å². The number of para-hydroxylation sites is 2. The Balaban J connectivity index is 0.000000321. The van der Waals surface area contributed by atoms with E-state index in [1.54, 1.807) is 12.1 Å². The van der Waals surface area contributed by atoms with Crippen molar-refractivity contribution in [1.29, 1.82) is 0 Å². The number of fused-ring (bicyclic) bond motifs is 2. The Bertz CT molecular complexity index is 667. The predicted octanol–water partition coefficient (Wildman–Crippen LogP) is 5.78. The van der Waals surface area contributed by atoms with E-state index in [0.29, 0.717) is 21.9 Å². The fourth-order valence-corrected chi connectivity index (χ4v) is 1.75. The zero-order valence-corrected chi connectivity index (χ0v) is 13.3. The van der Waals surface area contributed by atoms with Crippen LogP contribution in [-0.4, -0.2) is 0 Å². The van der Waals surface area contributed by atoms with Crippen molar-refractivity contribution in [3.8, 4) is 0 Å². The Hall–Kier alpha value is -2.09. The second-order valence-electron chi connectivity index (χ2n) is 4.84. The summed E-state index contributed by atoms with van der Waals surface area (Å²) in [4.78, 5) is 12.0. The normalized spacial score (nSPS) is 9.52. The van der Waals surface area contributed by atoms with Gasteiger partial charge >= 0.3 is 0 Å². The minimum atomic E-state index is 0.0347. The van der Waals surface area contributed by atoms with Crippen LogP contribution in [0.3, 0.4) is 0 Å². The molecule has 0 fully saturated rings. The van der Waals surface area contributed by atoms with Crippen molar-refractivity contribution in [2.75, 3.05) is 0 Å². The standard InChI is InChI=1S/C13H8O2.2C3H8/c14-13-9-5-1-3-7-11(9)15-12-8-4-2-6-10(12)13;2*1-3-2/h1-8H;2*3H2,1-2H3. The van der Waals surface area contributed by atoms with Gasteiger partial charge in [-0.3, -0.25) is 4.79 Å². The van der Waals surface area contributed by atoms with Crippen LogP contribution in [0.15, 0.2) is 57.7 Å². The molecular formula is C19H24O2. The zero-order valence-electron chi connectivity index (χ0n) is 13.3. The van der Waals surface area contributed by atoms with E-state index < -0.39 is 0 Å². The highest BCUT2D eigenvalue weighted by Crippen LogP contribution is 2.17. The molecule has 3 aromatic rings. The highest BCUT2D eigenvalue weighted by atomic mass is 16.3. The molecule has 0 radical (unpaired) electrons. The van der Waals surface area contributed by atoms with E-state index in [-0.39, 0.29) is 5.43 Å². The molecular weight excluding hydrogens is 260 g/mol. The largest absolute Gasteiger partial charge is 0.456 e. The lowest BCUT2D eigenvalue weighted by atomic mass is 10.1. The molecule has 0 aliphatic heterocycles. The summed E-state index contributed by atoms with van der Waals surface area (Å²) >= 11 is 0. The lowest BCUT2D eigenvalue weighted by molar-refractivity contribution is 0.660. The second-order valence-corrected chi connectivity index (χ2v) is 4.84. The van der Waals surface area contributed by atoms with Gasteiger partial charge in [-0.2, -0.15) is 0 Å². The third kappa shape index (κ3) is 4.45. The topological polar surface area (TPSA) is 30.2 Å². The molecule has 0 saturated heterocycles. The Morgan fingerprint density at radius 2 is 1.05 bits per heavy atom. The van der Waals surface area contributed by atoms with Crippen LogP contribution in [0.1, 0.15) is 40.5 Å². The van der Waals surface area contributed by atoms with Gasteiger partial charge in [-0.15, -0.1) is 0 Å². The molecule has 2 heteroatoms. The van der Waals surface area contributed by atoms with Crippen LogP contribution >= 0.6 is 0 Å². The molecule has 0 spiro atoms. The minimum Gasteiger partial charge on any atom is -0.456 e. The van der Waals surface area contributed by atoms with Crippen molar-refractivity contribution >= 4 is 21.9 Å². The summed E-state index contributed by atoms with van der Waals surface area (Å²) in [6.07, 6.45) is 2.50. The summed E-state index contributed by atoms with van der Waals surface area (Å²) in [7, 11) is 0. The summed E-state index contributed by atoms with van der Waals surface area (Å²) in [6.45, 7) is 8.50. The molecule has 2 aromatic carbocycles. The van der Waals surface area contributed by atoms with Crippen LogP contribution < -0.4 is 5.43 Å². The maximum atomic E-state index is 12.0. The number of benzene rings is 2. The summed E-state index contributed by atoms with van der Waals surface area (Å²) in [5.41, 5.74) is 1.31. The van der Waals surface area contributed by atoms with E-state index in [1.807, 2.05) is 36.4 Å². The molecule has 0 bridgehead atoms. The van der Waals surface area contributed by atoms with Gasteiger partial charge in [0.15, 0.2) is 0 Å². The second kappa shape index (κ2) is 8.96. The average Bonchev–Trinajstić information content (AvgIpc) is 2.49. The van der Waals surface area contributed by atoms with Crippen molar-refractivity contribution in [2.45, 2.75) is 40.5 Å². The van der Waals surface area contributed by atoms with Crippen molar-refractivity contribution in [3.05, 3.63) is 58.8 Å². The first kappa shape index (κ1) is 17.0. The van der Waals surface area contributed by atoms with Gasteiger partial charge in [-0.05, 0) is 24.3 Å². The van der Waals surface area contributed by atoms with Gasteiger partial charge in [0.05, 0.1) is 10.8 Å². The van der Waals surface area contributed by atoms with Crippen LogP contribution in [0.2, 0.25) is 0 Å². The van der Waals surface area contributed by atoms with E-state index in [9.17, 15) is 4.79 Å². The van der Waals surface area contributed by atoms with Gasteiger partial charge in [0.2, 0.25) is 5.43 Å². The first-order valence-corrected chi connectivity index (χ1v) is 7.60. The fraction of sp³-hybridized carbons (Fsp3) is 0.316. The lowest BCUT2D eigenvalue weighted by Crippen LogP contribution is -2.01. The Kier molecular flexibility index (Phi) is 7.24. The van der Waals surface area contributed by atoms with E-state index in [1.165, 1.54) is 12.8 Å². The molecule has 3 rings (SSSR count). The Labute approximate surface area is 126 Å². The van der Waals surface area contributed by atoms with Crippen LogP contribution in [0.4, 0.5) is 0 Å². The summed E-state index contributed by atoms with van der Waals surface area (Å²) in [5, 5.41) is 1.27. The van der Waals surface area contributed by atoms with Gasteiger partial charge in [-0.1, -0.05) is 64.8 Å². The lowest BCUT2D eigenvalue weighted by Gasteiger charge is -1.99. The molecule has 0 saturated carbocycles.